The van der Waals surface area contributed by atoms with Crippen LogP contribution in [0.15, 0.2) is 58.5 Å². The number of aliphatic hydroxyl groups excluding tert-OH is 1. The zero-order valence-corrected chi connectivity index (χ0v) is 23.8. The van der Waals surface area contributed by atoms with E-state index in [2.05, 4.69) is 39.4 Å². The van der Waals surface area contributed by atoms with Crippen LogP contribution in [0.1, 0.15) is 51.7 Å². The van der Waals surface area contributed by atoms with E-state index in [1.807, 2.05) is 54.7 Å². The molecule has 0 saturated carbocycles. The summed E-state index contributed by atoms with van der Waals surface area (Å²) in [6.07, 6.45) is 1.91. The van der Waals surface area contributed by atoms with E-state index in [0.29, 0.717) is 25.7 Å². The Hall–Kier alpha value is -3.27. The van der Waals surface area contributed by atoms with E-state index in [1.54, 1.807) is 20.8 Å². The van der Waals surface area contributed by atoms with E-state index in [-0.39, 0.29) is 12.5 Å². The molecule has 2 aromatic carbocycles. The first-order valence-electron chi connectivity index (χ1n) is 13.7. The maximum Gasteiger partial charge on any atom is 0.326 e. The zero-order valence-electron chi connectivity index (χ0n) is 23.8. The lowest BCUT2D eigenvalue weighted by Crippen LogP contribution is -2.43. The minimum absolute atomic E-state index is 0.0890. The second-order valence-corrected chi connectivity index (χ2v) is 10.5. The molecule has 0 saturated heterocycles. The van der Waals surface area contributed by atoms with Crippen molar-refractivity contribution >= 4 is 23.8 Å². The minimum Gasteiger partial charge on any atom is -0.492 e. The van der Waals surface area contributed by atoms with Gasteiger partial charge >= 0.3 is 5.97 Å². The third-order valence-electron chi connectivity index (χ3n) is 6.33. The summed E-state index contributed by atoms with van der Waals surface area (Å²) in [5, 5.41) is 15.9. The molecule has 9 nitrogen and oxygen atoms in total. The second-order valence-electron chi connectivity index (χ2n) is 10.5. The highest BCUT2D eigenvalue weighted by atomic mass is 16.6. The first-order chi connectivity index (χ1) is 18.7. The zero-order chi connectivity index (χ0) is 28.3. The summed E-state index contributed by atoms with van der Waals surface area (Å²) in [5.74, 6) is 1.06. The van der Waals surface area contributed by atoms with Gasteiger partial charge in [0.15, 0.2) is 0 Å². The van der Waals surface area contributed by atoms with Crippen molar-refractivity contribution in [1.82, 2.24) is 10.2 Å². The molecule has 1 unspecified atom stereocenters. The second kappa shape index (κ2) is 14.8. The van der Waals surface area contributed by atoms with Crippen molar-refractivity contribution in [2.75, 3.05) is 44.7 Å². The molecule has 1 aliphatic rings. The summed E-state index contributed by atoms with van der Waals surface area (Å²) in [6, 6.07) is 15.2. The van der Waals surface area contributed by atoms with Gasteiger partial charge in [-0.3, -0.25) is 15.1 Å². The predicted molar refractivity (Wildman–Crippen MR) is 157 cm³/mol. The standard InChI is InChI=1S/C30H43N5O4/c1-6-35(7-2)16-17-38-26-14-12-25(13-15-26)34-29-32-19-24(20-33-29)23-10-8-22(9-11-23)18-31-27(21-36)28(37)39-30(3,4)5/h8-15,19,24,27,31,36H,6-7,16-18,20-21H2,1-5H3,(H,33,34)/t24?,27-/m0/s1. The molecule has 212 valence electrons. The molecular weight excluding hydrogens is 494 g/mol. The minimum atomic E-state index is -0.768. The normalized spacial score (nSPS) is 16.1. The van der Waals surface area contributed by atoms with Gasteiger partial charge in [-0.1, -0.05) is 38.1 Å². The van der Waals surface area contributed by atoms with Gasteiger partial charge in [-0.25, -0.2) is 4.99 Å². The fraction of sp³-hybridized carbons (Fsp3) is 0.500. The van der Waals surface area contributed by atoms with Crippen LogP contribution in [0, 0.1) is 0 Å². The third-order valence-corrected chi connectivity index (χ3v) is 6.33. The number of esters is 1. The van der Waals surface area contributed by atoms with Crippen LogP contribution < -0.4 is 15.4 Å². The van der Waals surface area contributed by atoms with Crippen LogP contribution in [0.4, 0.5) is 5.69 Å². The highest BCUT2D eigenvalue weighted by Gasteiger charge is 2.24. The number of carbonyl (C=O) groups excluding carboxylic acids is 1. The van der Waals surface area contributed by atoms with Gasteiger partial charge < -0.3 is 24.8 Å². The Kier molecular flexibility index (Phi) is 11.5. The lowest BCUT2D eigenvalue weighted by molar-refractivity contribution is -0.158. The Morgan fingerprint density at radius 1 is 1.10 bits per heavy atom. The number of rotatable bonds is 13. The third kappa shape index (κ3) is 10.1. The van der Waals surface area contributed by atoms with Gasteiger partial charge in [-0.2, -0.15) is 0 Å². The first-order valence-corrected chi connectivity index (χ1v) is 13.7. The van der Waals surface area contributed by atoms with E-state index in [4.69, 9.17) is 9.47 Å². The summed E-state index contributed by atoms with van der Waals surface area (Å²) >= 11 is 0. The molecule has 0 fully saturated rings. The quantitative estimate of drug-likeness (QED) is 0.333. The number of guanidine groups is 1. The van der Waals surface area contributed by atoms with Crippen LogP contribution in [0.25, 0.3) is 0 Å². The monoisotopic (exact) mass is 537 g/mol. The SMILES string of the molecule is CCN(CC)CCOc1ccc(NC2=NCC(c3ccc(CN[C@@H](CO)C(=O)OC(C)(C)C)cc3)C=N2)cc1. The van der Waals surface area contributed by atoms with E-state index in [1.165, 1.54) is 0 Å². The van der Waals surface area contributed by atoms with Gasteiger partial charge in [0.25, 0.3) is 0 Å². The molecule has 3 rings (SSSR count). The molecule has 39 heavy (non-hydrogen) atoms. The fourth-order valence-corrected chi connectivity index (χ4v) is 4.01. The molecule has 0 radical (unpaired) electrons. The molecule has 0 amide bonds. The van der Waals surface area contributed by atoms with Crippen LogP contribution in [0.3, 0.4) is 0 Å². The number of hydrogen-bond donors (Lipinski definition) is 3. The van der Waals surface area contributed by atoms with Gasteiger partial charge in [0.1, 0.15) is 24.0 Å². The number of hydrogen-bond acceptors (Lipinski definition) is 9. The lowest BCUT2D eigenvalue weighted by Gasteiger charge is -2.23. The van der Waals surface area contributed by atoms with Crippen molar-refractivity contribution < 1.29 is 19.4 Å². The molecule has 0 spiro atoms. The molecule has 2 aromatic rings. The number of anilines is 1. The highest BCUT2D eigenvalue weighted by molar-refractivity contribution is 6.00. The van der Waals surface area contributed by atoms with Crippen LogP contribution in [-0.2, 0) is 16.1 Å². The van der Waals surface area contributed by atoms with Crippen LogP contribution in [0.2, 0.25) is 0 Å². The largest absolute Gasteiger partial charge is 0.492 e. The van der Waals surface area contributed by atoms with Crippen molar-refractivity contribution in [3.63, 3.8) is 0 Å². The first kappa shape index (κ1) is 30.3. The number of nitrogens with one attached hydrogen (secondary N) is 2. The molecule has 2 atom stereocenters. The van der Waals surface area contributed by atoms with Crippen molar-refractivity contribution in [3.05, 3.63) is 59.7 Å². The molecule has 1 aliphatic heterocycles. The number of benzene rings is 2. The Balaban J connectivity index is 1.45. The number of ether oxygens (including phenoxy) is 2. The van der Waals surface area contributed by atoms with E-state index in [0.717, 1.165) is 42.2 Å². The molecule has 0 aromatic heterocycles. The number of nitrogens with zero attached hydrogens (tertiary/aromatic N) is 3. The molecular formula is C30H43N5O4. The van der Waals surface area contributed by atoms with Crippen molar-refractivity contribution in [3.8, 4) is 5.75 Å². The Morgan fingerprint density at radius 2 is 1.79 bits per heavy atom. The summed E-state index contributed by atoms with van der Waals surface area (Å²) in [7, 11) is 0. The molecule has 0 aliphatic carbocycles. The van der Waals surface area contributed by atoms with Crippen molar-refractivity contribution in [2.24, 2.45) is 9.98 Å². The van der Waals surface area contributed by atoms with Gasteiger partial charge in [-0.05, 0) is 69.3 Å². The highest BCUT2D eigenvalue weighted by Crippen LogP contribution is 2.20. The maximum absolute atomic E-state index is 12.2. The number of aliphatic hydroxyl groups is 1. The van der Waals surface area contributed by atoms with Gasteiger partial charge in [-0.15, -0.1) is 0 Å². The average molecular weight is 538 g/mol. The van der Waals surface area contributed by atoms with Crippen molar-refractivity contribution in [2.45, 2.75) is 58.7 Å². The van der Waals surface area contributed by atoms with Gasteiger partial charge in [0.05, 0.1) is 13.2 Å². The predicted octanol–water partition coefficient (Wildman–Crippen LogP) is 3.84. The Bertz CT molecular complexity index is 1090. The number of likely N-dealkylation sites (N-methyl/N-ethyl adjacent to an activating group) is 1. The summed E-state index contributed by atoms with van der Waals surface area (Å²) in [4.78, 5) is 23.7. The van der Waals surface area contributed by atoms with E-state index in [9.17, 15) is 9.90 Å². The fourth-order valence-electron chi connectivity index (χ4n) is 4.01. The van der Waals surface area contributed by atoms with Gasteiger partial charge in [0.2, 0.25) is 5.96 Å². The summed E-state index contributed by atoms with van der Waals surface area (Å²) < 4.78 is 11.2. The molecule has 1 heterocycles. The van der Waals surface area contributed by atoms with Crippen LogP contribution >= 0.6 is 0 Å². The summed E-state index contributed by atoms with van der Waals surface area (Å²) in [5.41, 5.74) is 2.42. The molecule has 3 N–H and O–H groups in total. The maximum atomic E-state index is 12.2. The van der Waals surface area contributed by atoms with Crippen molar-refractivity contribution in [1.29, 1.82) is 0 Å². The van der Waals surface area contributed by atoms with Gasteiger partial charge in [0, 0.05) is 30.9 Å². The molecule has 0 bridgehead atoms. The number of aliphatic imine (C=N–C) groups is 2. The lowest BCUT2D eigenvalue weighted by atomic mass is 9.98. The summed E-state index contributed by atoms with van der Waals surface area (Å²) in [6.45, 7) is 14.1. The smallest absolute Gasteiger partial charge is 0.326 e. The Morgan fingerprint density at radius 3 is 2.36 bits per heavy atom. The average Bonchev–Trinajstić information content (AvgIpc) is 2.92. The molecule has 9 heteroatoms. The Labute approximate surface area is 232 Å². The topological polar surface area (TPSA) is 108 Å². The van der Waals surface area contributed by atoms with Crippen LogP contribution in [0.5, 0.6) is 5.75 Å². The number of carbonyl (C=O) groups is 1. The van der Waals surface area contributed by atoms with E-state index >= 15 is 0 Å². The van der Waals surface area contributed by atoms with E-state index < -0.39 is 17.6 Å². The van der Waals surface area contributed by atoms with Crippen LogP contribution in [-0.4, -0.2) is 79.2 Å².